The Morgan fingerprint density at radius 1 is 1.11 bits per heavy atom. The molecule has 1 fully saturated rings. The molecule has 27 heavy (non-hydrogen) atoms. The molecule has 1 amide bonds. The highest BCUT2D eigenvalue weighted by molar-refractivity contribution is 6.30. The van der Waals surface area contributed by atoms with Gasteiger partial charge in [-0.15, -0.1) is 0 Å². The highest BCUT2D eigenvalue weighted by Crippen LogP contribution is 2.26. The molecule has 0 saturated carbocycles. The van der Waals surface area contributed by atoms with Gasteiger partial charge in [0.1, 0.15) is 5.75 Å². The van der Waals surface area contributed by atoms with Crippen LogP contribution in [0.2, 0.25) is 5.02 Å². The number of carbonyl (C=O) groups excluding carboxylic acids is 1. The van der Waals surface area contributed by atoms with Crippen molar-refractivity contribution in [3.63, 3.8) is 0 Å². The van der Waals surface area contributed by atoms with Crippen LogP contribution in [0.1, 0.15) is 0 Å². The van der Waals surface area contributed by atoms with Gasteiger partial charge in [0.15, 0.2) is 12.2 Å². The first-order valence-corrected chi connectivity index (χ1v) is 9.01. The number of hydrogen-bond acceptors (Lipinski definition) is 5. The van der Waals surface area contributed by atoms with Crippen LogP contribution in [0.4, 0.5) is 5.69 Å². The average Bonchev–Trinajstić information content (AvgIpc) is 3.07. The Morgan fingerprint density at radius 2 is 1.85 bits per heavy atom. The predicted octanol–water partition coefficient (Wildman–Crippen LogP) is 2.50. The van der Waals surface area contributed by atoms with E-state index in [4.69, 9.17) is 20.8 Å². The number of piperazine rings is 1. The van der Waals surface area contributed by atoms with E-state index >= 15 is 0 Å². The number of oxazole rings is 1. The number of nitrogens with zero attached hydrogens (tertiary/aromatic N) is 2. The van der Waals surface area contributed by atoms with E-state index in [1.807, 2.05) is 12.1 Å². The van der Waals surface area contributed by atoms with Crippen molar-refractivity contribution >= 4 is 34.3 Å². The van der Waals surface area contributed by atoms with Crippen molar-refractivity contribution in [2.75, 3.05) is 37.7 Å². The fourth-order valence-corrected chi connectivity index (χ4v) is 3.30. The van der Waals surface area contributed by atoms with Gasteiger partial charge in [-0.05, 0) is 36.4 Å². The van der Waals surface area contributed by atoms with Gasteiger partial charge < -0.3 is 19.0 Å². The summed E-state index contributed by atoms with van der Waals surface area (Å²) in [5, 5.41) is 0.623. The summed E-state index contributed by atoms with van der Waals surface area (Å²) in [5.41, 5.74) is 2.08. The summed E-state index contributed by atoms with van der Waals surface area (Å²) < 4.78 is 10.8. The summed E-state index contributed by atoms with van der Waals surface area (Å²) >= 11 is 5.84. The summed E-state index contributed by atoms with van der Waals surface area (Å²) in [4.78, 5) is 30.4. The number of carbonyl (C=O) groups is 1. The van der Waals surface area contributed by atoms with Gasteiger partial charge in [-0.25, -0.2) is 4.79 Å². The molecular formula is C19H18ClN3O4. The molecule has 2 heterocycles. The molecule has 1 aliphatic heterocycles. The Bertz CT molecular complexity index is 1000. The molecule has 0 aliphatic carbocycles. The number of halogens is 1. The van der Waals surface area contributed by atoms with Crippen molar-refractivity contribution in [1.29, 1.82) is 0 Å². The maximum absolute atomic E-state index is 12.4. The van der Waals surface area contributed by atoms with Crippen LogP contribution >= 0.6 is 11.6 Å². The summed E-state index contributed by atoms with van der Waals surface area (Å²) in [6.45, 7) is 2.45. The normalized spacial score (nSPS) is 14.6. The predicted molar refractivity (Wildman–Crippen MR) is 103 cm³/mol. The van der Waals surface area contributed by atoms with Crippen molar-refractivity contribution in [3.05, 3.63) is 58.0 Å². The molecule has 1 aromatic heterocycles. The minimum atomic E-state index is -0.467. The number of para-hydroxylation sites is 1. The van der Waals surface area contributed by atoms with Crippen LogP contribution in [-0.2, 0) is 4.79 Å². The summed E-state index contributed by atoms with van der Waals surface area (Å²) in [5.74, 6) is 0.0853. The third kappa shape index (κ3) is 3.78. The molecule has 4 rings (SSSR count). The van der Waals surface area contributed by atoms with Crippen LogP contribution in [0, 0.1) is 0 Å². The first kappa shape index (κ1) is 17.5. The molecule has 140 valence electrons. The number of fused-ring (bicyclic) bond motifs is 1. The molecular weight excluding hydrogens is 370 g/mol. The van der Waals surface area contributed by atoms with Gasteiger partial charge >= 0.3 is 5.76 Å². The van der Waals surface area contributed by atoms with E-state index in [-0.39, 0.29) is 12.5 Å². The van der Waals surface area contributed by atoms with Gasteiger partial charge in [0.2, 0.25) is 0 Å². The van der Waals surface area contributed by atoms with Crippen molar-refractivity contribution in [3.8, 4) is 5.75 Å². The number of anilines is 1. The zero-order chi connectivity index (χ0) is 18.8. The minimum Gasteiger partial charge on any atom is -0.484 e. The topological polar surface area (TPSA) is 78.8 Å². The van der Waals surface area contributed by atoms with Gasteiger partial charge in [-0.2, -0.15) is 0 Å². The lowest BCUT2D eigenvalue weighted by Gasteiger charge is -2.35. The minimum absolute atomic E-state index is 0.0100. The van der Waals surface area contributed by atoms with Crippen molar-refractivity contribution in [2.24, 2.45) is 0 Å². The molecule has 0 bridgehead atoms. The molecule has 2 aromatic carbocycles. The van der Waals surface area contributed by atoms with E-state index in [9.17, 15) is 9.59 Å². The van der Waals surface area contributed by atoms with Crippen LogP contribution in [0.3, 0.4) is 0 Å². The standard InChI is InChI=1S/C19H18ClN3O4/c20-13-4-6-14(7-5-13)26-12-17(24)23-10-8-22(9-11-23)16-3-1-2-15-18(16)27-19(25)21-15/h1-7H,8-12H2,(H,21,25). The smallest absolute Gasteiger partial charge is 0.417 e. The summed E-state index contributed by atoms with van der Waals surface area (Å²) in [6, 6.07) is 12.5. The highest BCUT2D eigenvalue weighted by atomic mass is 35.5. The lowest BCUT2D eigenvalue weighted by Crippen LogP contribution is -2.50. The van der Waals surface area contributed by atoms with Crippen LogP contribution < -0.4 is 15.4 Å². The van der Waals surface area contributed by atoms with Gasteiger partial charge in [0.25, 0.3) is 5.91 Å². The van der Waals surface area contributed by atoms with E-state index in [0.29, 0.717) is 48.1 Å². The second-order valence-electron chi connectivity index (χ2n) is 6.28. The second-order valence-corrected chi connectivity index (χ2v) is 6.72. The maximum atomic E-state index is 12.4. The third-order valence-corrected chi connectivity index (χ3v) is 4.83. The molecule has 0 radical (unpaired) electrons. The number of benzene rings is 2. The first-order valence-electron chi connectivity index (χ1n) is 8.63. The summed E-state index contributed by atoms with van der Waals surface area (Å²) in [6.07, 6.45) is 0. The fourth-order valence-electron chi connectivity index (χ4n) is 3.17. The average molecular weight is 388 g/mol. The van der Waals surface area contributed by atoms with E-state index in [2.05, 4.69) is 9.88 Å². The Kier molecular flexibility index (Phi) is 4.77. The van der Waals surface area contributed by atoms with Crippen LogP contribution in [0.15, 0.2) is 51.7 Å². The lowest BCUT2D eigenvalue weighted by molar-refractivity contribution is -0.133. The maximum Gasteiger partial charge on any atom is 0.417 e. The number of H-pyrrole nitrogens is 1. The zero-order valence-electron chi connectivity index (χ0n) is 14.5. The number of aromatic amines is 1. The zero-order valence-corrected chi connectivity index (χ0v) is 15.2. The monoisotopic (exact) mass is 387 g/mol. The van der Waals surface area contributed by atoms with Gasteiger partial charge in [-0.1, -0.05) is 17.7 Å². The molecule has 0 unspecified atom stereocenters. The molecule has 0 atom stereocenters. The molecule has 1 aliphatic rings. The molecule has 1 N–H and O–H groups in total. The van der Waals surface area contributed by atoms with E-state index in [1.54, 1.807) is 35.2 Å². The first-order chi connectivity index (χ1) is 13.1. The van der Waals surface area contributed by atoms with E-state index in [1.165, 1.54) is 0 Å². The number of aromatic nitrogens is 1. The van der Waals surface area contributed by atoms with Crippen LogP contribution in [-0.4, -0.2) is 48.6 Å². The molecule has 1 saturated heterocycles. The molecule has 7 nitrogen and oxygen atoms in total. The van der Waals surface area contributed by atoms with Gasteiger partial charge in [0, 0.05) is 31.2 Å². The lowest BCUT2D eigenvalue weighted by atomic mass is 10.2. The van der Waals surface area contributed by atoms with Crippen molar-refractivity contribution < 1.29 is 13.9 Å². The van der Waals surface area contributed by atoms with E-state index < -0.39 is 5.76 Å². The van der Waals surface area contributed by atoms with Gasteiger partial charge in [0.05, 0.1) is 11.2 Å². The van der Waals surface area contributed by atoms with Crippen LogP contribution in [0.25, 0.3) is 11.1 Å². The number of ether oxygens (including phenoxy) is 1. The van der Waals surface area contributed by atoms with Gasteiger partial charge in [-0.3, -0.25) is 9.78 Å². The Morgan fingerprint density at radius 3 is 2.59 bits per heavy atom. The largest absolute Gasteiger partial charge is 0.484 e. The Labute approximate surface area is 160 Å². The quantitative estimate of drug-likeness (QED) is 0.744. The molecule has 8 heteroatoms. The molecule has 0 spiro atoms. The SMILES string of the molecule is O=C(COc1ccc(Cl)cc1)N1CCN(c2cccc3[nH]c(=O)oc23)CC1. The highest BCUT2D eigenvalue weighted by Gasteiger charge is 2.23. The van der Waals surface area contributed by atoms with Crippen molar-refractivity contribution in [1.82, 2.24) is 9.88 Å². The fraction of sp³-hybridized carbons (Fsp3) is 0.263. The second kappa shape index (κ2) is 7.36. The van der Waals surface area contributed by atoms with E-state index in [0.717, 1.165) is 5.69 Å². The summed E-state index contributed by atoms with van der Waals surface area (Å²) in [7, 11) is 0. The number of rotatable bonds is 4. The van der Waals surface area contributed by atoms with Crippen molar-refractivity contribution in [2.45, 2.75) is 0 Å². The van der Waals surface area contributed by atoms with Crippen LogP contribution in [0.5, 0.6) is 5.75 Å². The number of hydrogen-bond donors (Lipinski definition) is 1. The number of amides is 1. The third-order valence-electron chi connectivity index (χ3n) is 4.57. The number of nitrogens with one attached hydrogen (secondary N) is 1. The molecule has 3 aromatic rings. The Balaban J connectivity index is 1.36. The Hall–Kier alpha value is -2.93.